The van der Waals surface area contributed by atoms with E-state index in [0.29, 0.717) is 46.4 Å². The highest BCUT2D eigenvalue weighted by molar-refractivity contribution is 6.32. The highest BCUT2D eigenvalue weighted by atomic mass is 35.5. The summed E-state index contributed by atoms with van der Waals surface area (Å²) in [4.78, 5) is 34.4. The van der Waals surface area contributed by atoms with E-state index in [1.54, 1.807) is 24.4 Å². The van der Waals surface area contributed by atoms with Gasteiger partial charge in [-0.2, -0.15) is 0 Å². The molecule has 2 heterocycles. The number of hydrogen-bond acceptors (Lipinski definition) is 6. The molecule has 0 unspecified atom stereocenters. The minimum Gasteiger partial charge on any atom is -0.504 e. The summed E-state index contributed by atoms with van der Waals surface area (Å²) in [6.45, 7) is 3.03. The lowest BCUT2D eigenvalue weighted by Crippen LogP contribution is -2.48. The Morgan fingerprint density at radius 2 is 1.89 bits per heavy atom. The molecule has 5 rings (SSSR count). The molecule has 2 fully saturated rings. The second-order valence-corrected chi connectivity index (χ2v) is 9.65. The van der Waals surface area contributed by atoms with Gasteiger partial charge in [-0.05, 0) is 55.3 Å². The Morgan fingerprint density at radius 3 is 2.57 bits per heavy atom. The van der Waals surface area contributed by atoms with Gasteiger partial charge in [0, 0.05) is 43.7 Å². The number of ketones is 1. The van der Waals surface area contributed by atoms with E-state index in [1.165, 1.54) is 12.1 Å². The number of pyridine rings is 1. The number of piperazine rings is 1. The largest absolute Gasteiger partial charge is 0.504 e. The summed E-state index contributed by atoms with van der Waals surface area (Å²) in [6.07, 6.45) is 3.27. The van der Waals surface area contributed by atoms with Crippen LogP contribution in [0.15, 0.2) is 36.5 Å². The molecule has 1 aromatic heterocycles. The van der Waals surface area contributed by atoms with Crippen molar-refractivity contribution < 1.29 is 19.1 Å². The van der Waals surface area contributed by atoms with E-state index in [1.807, 2.05) is 11.9 Å². The topological polar surface area (TPSA) is 85.8 Å². The van der Waals surface area contributed by atoms with Crippen LogP contribution in [0.5, 0.6) is 5.75 Å². The number of phenolic OH excluding ortho intramolecular Hbond substituents is 1. The Hall–Kier alpha value is -3.23. The molecule has 1 saturated carbocycles. The van der Waals surface area contributed by atoms with Crippen LogP contribution in [0.4, 0.5) is 10.1 Å². The number of aromatic nitrogens is 1. The lowest BCUT2D eigenvalue weighted by Gasteiger charge is -2.32. The van der Waals surface area contributed by atoms with Gasteiger partial charge >= 0.3 is 0 Å². The molecule has 2 aromatic carbocycles. The zero-order valence-electron chi connectivity index (χ0n) is 19.4. The Kier molecular flexibility index (Phi) is 6.34. The molecule has 1 saturated heterocycles. The summed E-state index contributed by atoms with van der Waals surface area (Å²) in [5.41, 5.74) is 2.77. The molecular weight excluding hydrogens is 471 g/mol. The third kappa shape index (κ3) is 4.81. The number of benzene rings is 2. The lowest BCUT2D eigenvalue weighted by atomic mass is 9.99. The molecule has 9 heteroatoms. The van der Waals surface area contributed by atoms with Crippen LogP contribution in [0.25, 0.3) is 22.0 Å². The molecule has 1 amide bonds. The number of nitrogens with one attached hydrogen (secondary N) is 1. The Bertz CT molecular complexity index is 1300. The molecule has 0 radical (unpaired) electrons. The zero-order valence-corrected chi connectivity index (χ0v) is 20.1. The molecule has 0 spiro atoms. The van der Waals surface area contributed by atoms with Crippen LogP contribution in [-0.4, -0.2) is 71.4 Å². The predicted molar refractivity (Wildman–Crippen MR) is 133 cm³/mol. The van der Waals surface area contributed by atoms with Gasteiger partial charge in [0.15, 0.2) is 17.3 Å². The third-order valence-electron chi connectivity index (χ3n) is 6.70. The maximum absolute atomic E-state index is 14.1. The average Bonchev–Trinajstić information content (AvgIpc) is 3.70. The van der Waals surface area contributed by atoms with Crippen LogP contribution in [0.2, 0.25) is 5.02 Å². The minimum absolute atomic E-state index is 0.0121. The highest BCUT2D eigenvalue weighted by Crippen LogP contribution is 2.38. The molecule has 3 aromatic rings. The third-order valence-corrected chi connectivity index (χ3v) is 6.99. The number of anilines is 1. The molecule has 2 aliphatic rings. The fourth-order valence-corrected chi connectivity index (χ4v) is 4.59. The molecule has 0 bridgehead atoms. The zero-order chi connectivity index (χ0) is 24.7. The average molecular weight is 497 g/mol. The van der Waals surface area contributed by atoms with E-state index in [-0.39, 0.29) is 29.2 Å². The van der Waals surface area contributed by atoms with E-state index in [9.17, 15) is 19.1 Å². The van der Waals surface area contributed by atoms with Crippen molar-refractivity contribution in [1.82, 2.24) is 14.8 Å². The SMILES string of the molecule is CN1CCN(C(=O)CNc2c(C(=O)C3CC3)cnc3ccc(-c4cc(F)c(O)c(Cl)c4)cc23)CC1. The van der Waals surface area contributed by atoms with Gasteiger partial charge in [0.05, 0.1) is 28.3 Å². The van der Waals surface area contributed by atoms with E-state index in [2.05, 4.69) is 15.2 Å². The minimum atomic E-state index is -0.820. The summed E-state index contributed by atoms with van der Waals surface area (Å²) in [5.74, 6) is -1.45. The fraction of sp³-hybridized carbons (Fsp3) is 0.346. The molecule has 7 nitrogen and oxygen atoms in total. The van der Waals surface area contributed by atoms with E-state index >= 15 is 0 Å². The second-order valence-electron chi connectivity index (χ2n) is 9.24. The van der Waals surface area contributed by atoms with Crippen molar-refractivity contribution in [3.63, 3.8) is 0 Å². The molecule has 2 N–H and O–H groups in total. The summed E-state index contributed by atoms with van der Waals surface area (Å²) in [5, 5.41) is 13.5. The van der Waals surface area contributed by atoms with Crippen LogP contribution >= 0.6 is 11.6 Å². The van der Waals surface area contributed by atoms with Gasteiger partial charge in [-0.1, -0.05) is 17.7 Å². The number of hydrogen-bond donors (Lipinski definition) is 2. The standard InChI is InChI=1S/C26H26ClFN4O3/c1-31-6-8-32(9-7-31)23(33)14-30-24-18-10-16(17-11-20(27)26(35)21(28)12-17)4-5-22(18)29-13-19(24)25(34)15-2-3-15/h4-5,10-13,15,35H,2-3,6-9,14H2,1H3,(H,29,30). The summed E-state index contributed by atoms with van der Waals surface area (Å²) in [7, 11) is 2.03. The first kappa shape index (κ1) is 23.5. The molecule has 1 aliphatic carbocycles. The van der Waals surface area contributed by atoms with Crippen LogP contribution in [-0.2, 0) is 4.79 Å². The van der Waals surface area contributed by atoms with Crippen molar-refractivity contribution in [3.05, 3.63) is 52.9 Å². The van der Waals surface area contributed by atoms with Gasteiger partial charge < -0.3 is 20.2 Å². The first-order valence-corrected chi connectivity index (χ1v) is 12.0. The maximum atomic E-state index is 14.1. The fourth-order valence-electron chi connectivity index (χ4n) is 4.38. The van der Waals surface area contributed by atoms with Crippen molar-refractivity contribution >= 4 is 39.9 Å². The van der Waals surface area contributed by atoms with E-state index in [0.717, 1.165) is 25.9 Å². The second kappa shape index (κ2) is 9.43. The number of amides is 1. The number of rotatable bonds is 6. The molecule has 1 aliphatic heterocycles. The van der Waals surface area contributed by atoms with Crippen LogP contribution < -0.4 is 5.32 Å². The number of halogens is 2. The number of nitrogens with zero attached hydrogens (tertiary/aromatic N) is 3. The highest BCUT2D eigenvalue weighted by Gasteiger charge is 2.33. The molecule has 182 valence electrons. The van der Waals surface area contributed by atoms with E-state index < -0.39 is 11.6 Å². The lowest BCUT2D eigenvalue weighted by molar-refractivity contribution is -0.130. The van der Waals surface area contributed by atoms with Crippen molar-refractivity contribution in [3.8, 4) is 16.9 Å². The quantitative estimate of drug-likeness (QED) is 0.498. The van der Waals surface area contributed by atoms with Crippen LogP contribution in [0, 0.1) is 11.7 Å². The van der Waals surface area contributed by atoms with Gasteiger partial charge in [0.1, 0.15) is 0 Å². The molecule has 0 atom stereocenters. The predicted octanol–water partition coefficient (Wildman–Crippen LogP) is 4.18. The van der Waals surface area contributed by atoms with Crippen molar-refractivity contribution in [2.75, 3.05) is 45.1 Å². The molecule has 35 heavy (non-hydrogen) atoms. The molecular formula is C26H26ClFN4O3. The maximum Gasteiger partial charge on any atom is 0.241 e. The summed E-state index contributed by atoms with van der Waals surface area (Å²) < 4.78 is 14.1. The first-order valence-electron chi connectivity index (χ1n) is 11.7. The number of fused-ring (bicyclic) bond motifs is 1. The van der Waals surface area contributed by atoms with Gasteiger partial charge in [0.25, 0.3) is 0 Å². The van der Waals surface area contributed by atoms with Crippen LogP contribution in [0.1, 0.15) is 23.2 Å². The Balaban J connectivity index is 1.52. The van der Waals surface area contributed by atoms with Gasteiger partial charge in [-0.3, -0.25) is 14.6 Å². The number of likely N-dealkylation sites (N-methyl/N-ethyl adjacent to an activating group) is 1. The normalized spacial score (nSPS) is 16.5. The summed E-state index contributed by atoms with van der Waals surface area (Å²) >= 11 is 5.99. The first-order chi connectivity index (χ1) is 16.8. The Morgan fingerprint density at radius 1 is 1.14 bits per heavy atom. The smallest absolute Gasteiger partial charge is 0.241 e. The number of aromatic hydroxyl groups is 1. The van der Waals surface area contributed by atoms with Crippen molar-refractivity contribution in [2.24, 2.45) is 5.92 Å². The summed E-state index contributed by atoms with van der Waals surface area (Å²) in [6, 6.07) is 8.05. The van der Waals surface area contributed by atoms with E-state index in [4.69, 9.17) is 11.6 Å². The van der Waals surface area contributed by atoms with Gasteiger partial charge in [-0.15, -0.1) is 0 Å². The van der Waals surface area contributed by atoms with Crippen molar-refractivity contribution in [2.45, 2.75) is 12.8 Å². The van der Waals surface area contributed by atoms with Gasteiger partial charge in [0.2, 0.25) is 5.91 Å². The van der Waals surface area contributed by atoms with Crippen LogP contribution in [0.3, 0.4) is 0 Å². The monoisotopic (exact) mass is 496 g/mol. The number of carbonyl (C=O) groups is 2. The van der Waals surface area contributed by atoms with Gasteiger partial charge in [-0.25, -0.2) is 4.39 Å². The number of carbonyl (C=O) groups excluding carboxylic acids is 2. The van der Waals surface area contributed by atoms with Crippen molar-refractivity contribution in [1.29, 1.82) is 0 Å². The number of Topliss-reactive ketones (excluding diaryl/α,β-unsaturated/α-hetero) is 1. The Labute approximate surface area is 207 Å². The number of phenols is 1.